The Morgan fingerprint density at radius 3 is 2.61 bits per heavy atom. The van der Waals surface area contributed by atoms with Crippen LogP contribution < -0.4 is 14.8 Å². The number of non-ortho nitro benzene ring substituents is 1. The number of nitro groups is 1. The van der Waals surface area contributed by atoms with Gasteiger partial charge in [0.1, 0.15) is 11.5 Å². The number of esters is 1. The second-order valence-corrected chi connectivity index (χ2v) is 5.41. The van der Waals surface area contributed by atoms with Crippen LogP contribution in [-0.2, 0) is 14.3 Å². The molecule has 9 heteroatoms. The largest absolute Gasteiger partial charge is 0.497 e. The molecule has 0 fully saturated rings. The van der Waals surface area contributed by atoms with Gasteiger partial charge < -0.3 is 19.5 Å². The number of benzene rings is 2. The van der Waals surface area contributed by atoms with Crippen molar-refractivity contribution in [2.45, 2.75) is 0 Å². The summed E-state index contributed by atoms with van der Waals surface area (Å²) in [6.07, 6.45) is 2.44. The van der Waals surface area contributed by atoms with Gasteiger partial charge in [0.05, 0.1) is 24.8 Å². The van der Waals surface area contributed by atoms with E-state index in [1.165, 1.54) is 38.5 Å². The lowest BCUT2D eigenvalue weighted by Crippen LogP contribution is -2.20. The molecule has 9 nitrogen and oxygen atoms in total. The molecule has 0 saturated carbocycles. The molecule has 2 aromatic rings. The first-order valence-corrected chi connectivity index (χ1v) is 8.04. The molecular weight excluding hydrogens is 368 g/mol. The average Bonchev–Trinajstić information content (AvgIpc) is 2.71. The van der Waals surface area contributed by atoms with E-state index in [0.29, 0.717) is 22.7 Å². The molecule has 0 atom stereocenters. The summed E-state index contributed by atoms with van der Waals surface area (Å²) in [5, 5.41) is 13.3. The first kappa shape index (κ1) is 20.4. The molecule has 146 valence electrons. The van der Waals surface area contributed by atoms with Gasteiger partial charge in [0, 0.05) is 24.3 Å². The molecule has 28 heavy (non-hydrogen) atoms. The average molecular weight is 386 g/mol. The molecule has 1 amide bonds. The van der Waals surface area contributed by atoms with Crippen LogP contribution in [0.4, 0.5) is 11.4 Å². The predicted molar refractivity (Wildman–Crippen MR) is 101 cm³/mol. The van der Waals surface area contributed by atoms with E-state index in [0.717, 1.165) is 6.08 Å². The molecule has 0 heterocycles. The Morgan fingerprint density at radius 2 is 1.93 bits per heavy atom. The van der Waals surface area contributed by atoms with Crippen LogP contribution in [0.2, 0.25) is 0 Å². The fourth-order valence-electron chi connectivity index (χ4n) is 2.18. The third kappa shape index (κ3) is 5.84. The summed E-state index contributed by atoms with van der Waals surface area (Å²) in [6, 6.07) is 10.6. The number of nitrogens with zero attached hydrogens (tertiary/aromatic N) is 1. The molecule has 0 aliphatic carbocycles. The molecule has 0 aromatic heterocycles. The second-order valence-electron chi connectivity index (χ2n) is 5.41. The van der Waals surface area contributed by atoms with Crippen LogP contribution in [0.1, 0.15) is 5.56 Å². The first-order valence-electron chi connectivity index (χ1n) is 8.04. The summed E-state index contributed by atoms with van der Waals surface area (Å²) in [5.41, 5.74) is 0.762. The third-order valence-electron chi connectivity index (χ3n) is 3.52. The highest BCUT2D eigenvalue weighted by Gasteiger charge is 2.11. The van der Waals surface area contributed by atoms with Gasteiger partial charge in [-0.1, -0.05) is 12.1 Å². The zero-order valence-electron chi connectivity index (χ0n) is 15.2. The predicted octanol–water partition coefficient (Wildman–Crippen LogP) is 2.81. The number of nitro benzene ring substituents is 1. The molecule has 0 spiro atoms. The Morgan fingerprint density at radius 1 is 1.14 bits per heavy atom. The number of rotatable bonds is 8. The third-order valence-corrected chi connectivity index (χ3v) is 3.52. The number of carbonyl (C=O) groups excluding carboxylic acids is 2. The van der Waals surface area contributed by atoms with Gasteiger partial charge in [-0.25, -0.2) is 4.79 Å². The number of nitrogens with one attached hydrogen (secondary N) is 1. The van der Waals surface area contributed by atoms with E-state index in [-0.39, 0.29) is 5.69 Å². The second kappa shape index (κ2) is 9.72. The van der Waals surface area contributed by atoms with Crippen molar-refractivity contribution in [3.05, 3.63) is 64.2 Å². The van der Waals surface area contributed by atoms with Gasteiger partial charge in [-0.3, -0.25) is 14.9 Å². The summed E-state index contributed by atoms with van der Waals surface area (Å²) in [4.78, 5) is 33.9. The molecule has 0 saturated heterocycles. The van der Waals surface area contributed by atoms with Gasteiger partial charge in [-0.15, -0.1) is 0 Å². The van der Waals surface area contributed by atoms with Crippen molar-refractivity contribution in [2.24, 2.45) is 0 Å². The lowest BCUT2D eigenvalue weighted by Gasteiger charge is -2.11. The number of amides is 1. The normalized spacial score (nSPS) is 10.4. The smallest absolute Gasteiger partial charge is 0.331 e. The summed E-state index contributed by atoms with van der Waals surface area (Å²) in [6.45, 7) is -0.507. The number of ether oxygens (including phenoxy) is 3. The van der Waals surface area contributed by atoms with E-state index in [2.05, 4.69) is 5.32 Å². The van der Waals surface area contributed by atoms with Crippen LogP contribution in [0.3, 0.4) is 0 Å². The van der Waals surface area contributed by atoms with Gasteiger partial charge in [0.25, 0.3) is 11.6 Å². The molecule has 1 N–H and O–H groups in total. The monoisotopic (exact) mass is 386 g/mol. The fraction of sp³-hybridized carbons (Fsp3) is 0.158. The molecule has 0 unspecified atom stereocenters. The Hall–Kier alpha value is -3.88. The summed E-state index contributed by atoms with van der Waals surface area (Å²) < 4.78 is 15.1. The van der Waals surface area contributed by atoms with E-state index in [1.54, 1.807) is 24.3 Å². The topological polar surface area (TPSA) is 117 Å². The van der Waals surface area contributed by atoms with Crippen molar-refractivity contribution in [3.8, 4) is 11.5 Å². The highest BCUT2D eigenvalue weighted by molar-refractivity contribution is 5.95. The number of hydrogen-bond donors (Lipinski definition) is 1. The van der Waals surface area contributed by atoms with Crippen LogP contribution in [0.15, 0.2) is 48.5 Å². The maximum atomic E-state index is 12.0. The van der Waals surface area contributed by atoms with Crippen LogP contribution in [0.5, 0.6) is 11.5 Å². The fourth-order valence-corrected chi connectivity index (χ4v) is 2.18. The van der Waals surface area contributed by atoms with Crippen molar-refractivity contribution in [2.75, 3.05) is 26.1 Å². The Kier molecular flexibility index (Phi) is 7.09. The molecule has 0 radical (unpaired) electrons. The quantitative estimate of drug-likeness (QED) is 0.321. The van der Waals surface area contributed by atoms with Crippen molar-refractivity contribution in [1.29, 1.82) is 0 Å². The minimum absolute atomic E-state index is 0.0941. The Labute approximate surface area is 160 Å². The first-order chi connectivity index (χ1) is 13.4. The molecule has 0 aliphatic rings. The van der Waals surface area contributed by atoms with Crippen molar-refractivity contribution >= 4 is 29.3 Å². The van der Waals surface area contributed by atoms with E-state index < -0.39 is 23.4 Å². The Bertz CT molecular complexity index is 909. The molecule has 2 aromatic carbocycles. The van der Waals surface area contributed by atoms with Crippen LogP contribution in [-0.4, -0.2) is 37.6 Å². The van der Waals surface area contributed by atoms with Crippen LogP contribution in [0, 0.1) is 10.1 Å². The number of anilines is 1. The number of methoxy groups -OCH3 is 2. The molecule has 0 aliphatic heterocycles. The highest BCUT2D eigenvalue weighted by Crippen LogP contribution is 2.28. The Balaban J connectivity index is 1.89. The maximum absolute atomic E-state index is 12.0. The zero-order chi connectivity index (χ0) is 20.5. The number of hydrogen-bond acceptors (Lipinski definition) is 7. The van der Waals surface area contributed by atoms with Gasteiger partial charge in [0.2, 0.25) is 0 Å². The molecule has 0 bridgehead atoms. The van der Waals surface area contributed by atoms with Crippen molar-refractivity contribution in [3.63, 3.8) is 0 Å². The minimum atomic E-state index is -0.761. The zero-order valence-corrected chi connectivity index (χ0v) is 15.2. The van der Waals surface area contributed by atoms with Crippen LogP contribution >= 0.6 is 0 Å². The van der Waals surface area contributed by atoms with E-state index >= 15 is 0 Å². The van der Waals surface area contributed by atoms with Gasteiger partial charge >= 0.3 is 5.97 Å². The van der Waals surface area contributed by atoms with Gasteiger partial charge in [-0.05, 0) is 23.8 Å². The van der Waals surface area contributed by atoms with Gasteiger partial charge in [-0.2, -0.15) is 0 Å². The number of carbonyl (C=O) groups is 2. The minimum Gasteiger partial charge on any atom is -0.497 e. The standard InChI is InChI=1S/C19H18N2O7/c1-26-15-7-8-16(17(11-15)27-2)20-18(22)12-28-19(23)9-6-13-4-3-5-14(10-13)21(24)25/h3-11H,12H2,1-2H3,(H,20,22). The van der Waals surface area contributed by atoms with Crippen molar-refractivity contribution in [1.82, 2.24) is 0 Å². The lowest BCUT2D eigenvalue weighted by molar-refractivity contribution is -0.384. The summed E-state index contributed by atoms with van der Waals surface area (Å²) in [7, 11) is 2.96. The SMILES string of the molecule is COc1ccc(NC(=O)COC(=O)C=Cc2cccc([N+](=O)[O-])c2)c(OC)c1. The van der Waals surface area contributed by atoms with E-state index in [1.807, 2.05) is 0 Å². The van der Waals surface area contributed by atoms with E-state index in [9.17, 15) is 19.7 Å². The summed E-state index contributed by atoms with van der Waals surface area (Å²) in [5.74, 6) is -0.360. The molecular formula is C19H18N2O7. The van der Waals surface area contributed by atoms with Gasteiger partial charge in [0.15, 0.2) is 6.61 Å². The maximum Gasteiger partial charge on any atom is 0.331 e. The summed E-state index contributed by atoms with van der Waals surface area (Å²) >= 11 is 0. The van der Waals surface area contributed by atoms with Crippen molar-refractivity contribution < 1.29 is 28.7 Å². The molecule has 2 rings (SSSR count). The van der Waals surface area contributed by atoms with E-state index in [4.69, 9.17) is 14.2 Å². The van der Waals surface area contributed by atoms with Crippen LogP contribution in [0.25, 0.3) is 6.08 Å². The highest BCUT2D eigenvalue weighted by atomic mass is 16.6. The lowest BCUT2D eigenvalue weighted by atomic mass is 10.2.